The molecule has 1 saturated heterocycles. The summed E-state index contributed by atoms with van der Waals surface area (Å²) in [5.74, 6) is 0.478. The van der Waals surface area contributed by atoms with Crippen molar-refractivity contribution in [1.29, 1.82) is 0 Å². The minimum Gasteiger partial charge on any atom is -0.393 e. The Hall–Kier alpha value is -0.900. The molecule has 3 nitrogen and oxygen atoms in total. The third kappa shape index (κ3) is 3.31. The Morgan fingerprint density at radius 1 is 1.28 bits per heavy atom. The van der Waals surface area contributed by atoms with E-state index in [0.717, 1.165) is 32.5 Å². The second-order valence-electron chi connectivity index (χ2n) is 5.33. The molecule has 0 amide bonds. The Balaban J connectivity index is 1.91. The lowest BCUT2D eigenvalue weighted by molar-refractivity contribution is 0.0694. The van der Waals surface area contributed by atoms with Gasteiger partial charge in [0.25, 0.3) is 0 Å². The fourth-order valence-corrected chi connectivity index (χ4v) is 2.75. The van der Waals surface area contributed by atoms with Crippen LogP contribution in [0.25, 0.3) is 0 Å². The molecule has 18 heavy (non-hydrogen) atoms. The van der Waals surface area contributed by atoms with E-state index in [2.05, 4.69) is 23.1 Å². The lowest BCUT2D eigenvalue weighted by atomic mass is 9.92. The largest absolute Gasteiger partial charge is 0.393 e. The number of nitrogens with zero attached hydrogens (tertiary/aromatic N) is 1. The molecule has 1 aromatic rings. The van der Waals surface area contributed by atoms with Gasteiger partial charge in [0, 0.05) is 13.1 Å². The first kappa shape index (κ1) is 13.5. The number of likely N-dealkylation sites (tertiary alicyclic amines) is 1. The van der Waals surface area contributed by atoms with Crippen LogP contribution >= 0.6 is 0 Å². The summed E-state index contributed by atoms with van der Waals surface area (Å²) >= 11 is 0. The molecule has 1 unspecified atom stereocenters. The highest BCUT2D eigenvalue weighted by Crippen LogP contribution is 2.22. The fourth-order valence-electron chi connectivity index (χ4n) is 2.75. The Morgan fingerprint density at radius 2 is 1.89 bits per heavy atom. The van der Waals surface area contributed by atoms with Gasteiger partial charge in [0.05, 0.1) is 6.10 Å². The third-order valence-electron chi connectivity index (χ3n) is 4.05. The second kappa shape index (κ2) is 6.32. The van der Waals surface area contributed by atoms with E-state index in [0.29, 0.717) is 12.5 Å². The van der Waals surface area contributed by atoms with Gasteiger partial charge in [0.2, 0.25) is 0 Å². The first-order valence-electron chi connectivity index (χ1n) is 6.88. The van der Waals surface area contributed by atoms with E-state index in [-0.39, 0.29) is 6.10 Å². The first-order valence-corrected chi connectivity index (χ1v) is 6.88. The molecular formula is C15H24N2O. The van der Waals surface area contributed by atoms with Crippen molar-refractivity contribution < 1.29 is 5.11 Å². The van der Waals surface area contributed by atoms with E-state index in [9.17, 15) is 5.11 Å². The van der Waals surface area contributed by atoms with E-state index in [4.69, 9.17) is 5.73 Å². The van der Waals surface area contributed by atoms with Crippen LogP contribution in [-0.4, -0.2) is 29.2 Å². The maximum Gasteiger partial charge on any atom is 0.0541 e. The van der Waals surface area contributed by atoms with Crippen LogP contribution in [0.3, 0.4) is 0 Å². The molecule has 0 spiro atoms. The van der Waals surface area contributed by atoms with Crippen molar-refractivity contribution in [2.45, 2.75) is 39.0 Å². The summed E-state index contributed by atoms with van der Waals surface area (Å²) in [5.41, 5.74) is 8.35. The van der Waals surface area contributed by atoms with Crippen molar-refractivity contribution in [2.75, 3.05) is 13.1 Å². The highest BCUT2D eigenvalue weighted by Gasteiger charge is 2.22. The zero-order valence-electron chi connectivity index (χ0n) is 11.2. The number of aliphatic hydroxyl groups is 1. The van der Waals surface area contributed by atoms with Crippen LogP contribution in [0, 0.1) is 5.92 Å². The van der Waals surface area contributed by atoms with E-state index in [1.54, 1.807) is 0 Å². The van der Waals surface area contributed by atoms with Crippen molar-refractivity contribution >= 4 is 0 Å². The van der Waals surface area contributed by atoms with E-state index < -0.39 is 0 Å². The second-order valence-corrected chi connectivity index (χ2v) is 5.33. The molecule has 1 atom stereocenters. The number of hydrogen-bond donors (Lipinski definition) is 2. The van der Waals surface area contributed by atoms with Gasteiger partial charge in [-0.05, 0) is 49.9 Å². The van der Waals surface area contributed by atoms with E-state index in [1.807, 2.05) is 13.0 Å². The minimum absolute atomic E-state index is 0.163. The summed E-state index contributed by atoms with van der Waals surface area (Å²) in [6.45, 7) is 5.66. The summed E-state index contributed by atoms with van der Waals surface area (Å²) in [4.78, 5) is 2.47. The summed E-state index contributed by atoms with van der Waals surface area (Å²) in [7, 11) is 0. The van der Waals surface area contributed by atoms with Gasteiger partial charge >= 0.3 is 0 Å². The van der Waals surface area contributed by atoms with Crippen molar-refractivity contribution in [3.05, 3.63) is 35.4 Å². The topological polar surface area (TPSA) is 49.5 Å². The molecule has 2 rings (SSSR count). The third-order valence-corrected chi connectivity index (χ3v) is 4.05. The maximum absolute atomic E-state index is 9.60. The van der Waals surface area contributed by atoms with Gasteiger partial charge in [-0.15, -0.1) is 0 Å². The van der Waals surface area contributed by atoms with Crippen LogP contribution in [0.15, 0.2) is 24.3 Å². The van der Waals surface area contributed by atoms with Crippen LogP contribution in [0.2, 0.25) is 0 Å². The Kier molecular flexibility index (Phi) is 4.75. The van der Waals surface area contributed by atoms with Crippen molar-refractivity contribution in [2.24, 2.45) is 11.7 Å². The number of piperidine rings is 1. The zero-order valence-corrected chi connectivity index (χ0v) is 11.2. The molecule has 1 aliphatic heterocycles. The summed E-state index contributed by atoms with van der Waals surface area (Å²) < 4.78 is 0. The van der Waals surface area contributed by atoms with Crippen LogP contribution in [-0.2, 0) is 13.1 Å². The number of rotatable bonds is 4. The SMILES string of the molecule is CC(O)C1CCN(Cc2ccccc2CN)CC1. The molecular weight excluding hydrogens is 224 g/mol. The Bertz CT molecular complexity index is 371. The smallest absolute Gasteiger partial charge is 0.0541 e. The first-order chi connectivity index (χ1) is 8.70. The number of benzene rings is 1. The molecule has 0 bridgehead atoms. The summed E-state index contributed by atoms with van der Waals surface area (Å²) in [6.07, 6.45) is 2.04. The number of aliphatic hydroxyl groups excluding tert-OH is 1. The molecule has 1 aromatic carbocycles. The minimum atomic E-state index is -0.163. The summed E-state index contributed by atoms with van der Waals surface area (Å²) in [5, 5.41) is 9.60. The predicted molar refractivity (Wildman–Crippen MR) is 74.0 cm³/mol. The lowest BCUT2D eigenvalue weighted by Gasteiger charge is -2.33. The van der Waals surface area contributed by atoms with Crippen LogP contribution in [0.5, 0.6) is 0 Å². The molecule has 3 N–H and O–H groups in total. The molecule has 1 heterocycles. The van der Waals surface area contributed by atoms with Crippen LogP contribution < -0.4 is 5.73 Å². The highest BCUT2D eigenvalue weighted by molar-refractivity contribution is 5.26. The molecule has 100 valence electrons. The van der Waals surface area contributed by atoms with Gasteiger partial charge in [-0.3, -0.25) is 4.90 Å². The molecule has 0 saturated carbocycles. The fraction of sp³-hybridized carbons (Fsp3) is 0.600. The molecule has 1 fully saturated rings. The van der Waals surface area contributed by atoms with Gasteiger partial charge < -0.3 is 10.8 Å². The van der Waals surface area contributed by atoms with Gasteiger partial charge in [0.15, 0.2) is 0 Å². The van der Waals surface area contributed by atoms with Crippen LogP contribution in [0.4, 0.5) is 0 Å². The highest BCUT2D eigenvalue weighted by atomic mass is 16.3. The van der Waals surface area contributed by atoms with Gasteiger partial charge in [0.1, 0.15) is 0 Å². The van der Waals surface area contributed by atoms with Gasteiger partial charge in [-0.2, -0.15) is 0 Å². The zero-order chi connectivity index (χ0) is 13.0. The molecule has 0 aliphatic carbocycles. The molecule has 0 aromatic heterocycles. The summed E-state index contributed by atoms with van der Waals surface area (Å²) in [6, 6.07) is 8.41. The quantitative estimate of drug-likeness (QED) is 0.853. The van der Waals surface area contributed by atoms with Crippen LogP contribution in [0.1, 0.15) is 30.9 Å². The van der Waals surface area contributed by atoms with E-state index >= 15 is 0 Å². The number of hydrogen-bond acceptors (Lipinski definition) is 3. The van der Waals surface area contributed by atoms with Crippen molar-refractivity contribution in [1.82, 2.24) is 4.90 Å². The van der Waals surface area contributed by atoms with E-state index in [1.165, 1.54) is 11.1 Å². The molecule has 1 aliphatic rings. The lowest BCUT2D eigenvalue weighted by Crippen LogP contribution is -2.36. The average molecular weight is 248 g/mol. The normalized spacial score (nSPS) is 19.9. The number of nitrogens with two attached hydrogens (primary N) is 1. The Labute approximate surface area is 110 Å². The average Bonchev–Trinajstić information content (AvgIpc) is 2.40. The monoisotopic (exact) mass is 248 g/mol. The molecule has 0 radical (unpaired) electrons. The molecule has 3 heteroatoms. The van der Waals surface area contributed by atoms with Gasteiger partial charge in [-0.1, -0.05) is 24.3 Å². The predicted octanol–water partition coefficient (Wildman–Crippen LogP) is 1.74. The standard InChI is InChI=1S/C15H24N2O/c1-12(18)13-6-8-17(9-7-13)11-15-5-3-2-4-14(15)10-16/h2-5,12-13,18H,6-11,16H2,1H3. The van der Waals surface area contributed by atoms with Crippen molar-refractivity contribution in [3.63, 3.8) is 0 Å². The van der Waals surface area contributed by atoms with Crippen molar-refractivity contribution in [3.8, 4) is 0 Å². The Morgan fingerprint density at radius 3 is 2.44 bits per heavy atom. The van der Waals surface area contributed by atoms with Gasteiger partial charge in [-0.25, -0.2) is 0 Å². The maximum atomic E-state index is 9.60.